The van der Waals surface area contributed by atoms with Gasteiger partial charge in [0.25, 0.3) is 0 Å². The molecule has 0 N–H and O–H groups in total. The number of benzene rings is 2. The normalized spacial score (nSPS) is 10.8. The molecule has 3 aromatic rings. The van der Waals surface area contributed by atoms with E-state index in [4.69, 9.17) is 32.7 Å². The monoisotopic (exact) mass is 363 g/mol. The second kappa shape index (κ2) is 6.75. The van der Waals surface area contributed by atoms with Gasteiger partial charge in [0, 0.05) is 22.0 Å². The Kier molecular flexibility index (Phi) is 4.69. The Morgan fingerprint density at radius 1 is 1.08 bits per heavy atom. The van der Waals surface area contributed by atoms with Crippen LogP contribution in [0.4, 0.5) is 0 Å². The minimum atomic E-state index is -0.471. The third kappa shape index (κ3) is 2.95. The van der Waals surface area contributed by atoms with Gasteiger partial charge in [-0.2, -0.15) is 0 Å². The fourth-order valence-corrected chi connectivity index (χ4v) is 3.17. The third-order valence-electron chi connectivity index (χ3n) is 3.79. The lowest BCUT2D eigenvalue weighted by atomic mass is 10.2. The Bertz CT molecular complexity index is 918. The number of ether oxygens (including phenoxy) is 2. The van der Waals surface area contributed by atoms with Gasteiger partial charge in [0.15, 0.2) is 11.4 Å². The minimum Gasteiger partial charge on any atom is -0.494 e. The zero-order chi connectivity index (χ0) is 17.3. The molecule has 0 bridgehead atoms. The standard InChI is InChI=1S/C18H15Cl2NO3/c1-23-17-14-9-13(20)6-7-15(14)21(16(17)18(22)24-2)10-11-4-3-5-12(19)8-11/h3-9H,10H2,1-2H3. The summed E-state index contributed by atoms with van der Waals surface area (Å²) in [6.07, 6.45) is 0. The fourth-order valence-electron chi connectivity index (χ4n) is 2.78. The number of rotatable bonds is 4. The first-order valence-electron chi connectivity index (χ1n) is 7.23. The molecule has 0 radical (unpaired) electrons. The Hall–Kier alpha value is -2.17. The minimum absolute atomic E-state index is 0.345. The number of nitrogens with zero attached hydrogens (tertiary/aromatic N) is 1. The SMILES string of the molecule is COC(=O)c1c(OC)c2cc(Cl)ccc2n1Cc1cccc(Cl)c1. The first kappa shape index (κ1) is 16.7. The molecular formula is C18H15Cl2NO3. The van der Waals surface area contributed by atoms with Crippen LogP contribution < -0.4 is 4.74 Å². The summed E-state index contributed by atoms with van der Waals surface area (Å²) < 4.78 is 12.3. The van der Waals surface area contributed by atoms with Gasteiger partial charge in [-0.15, -0.1) is 0 Å². The van der Waals surface area contributed by atoms with Crippen LogP contribution in [0.25, 0.3) is 10.9 Å². The van der Waals surface area contributed by atoms with E-state index in [0.29, 0.717) is 28.0 Å². The number of carbonyl (C=O) groups excluding carboxylic acids is 1. The summed E-state index contributed by atoms with van der Waals surface area (Å²) in [5.41, 5.74) is 2.14. The van der Waals surface area contributed by atoms with E-state index in [1.807, 2.05) is 28.8 Å². The second-order valence-corrected chi connectivity index (χ2v) is 6.12. The highest BCUT2D eigenvalue weighted by molar-refractivity contribution is 6.31. The van der Waals surface area contributed by atoms with Crippen LogP contribution in [-0.2, 0) is 11.3 Å². The maximum atomic E-state index is 12.3. The van der Waals surface area contributed by atoms with E-state index < -0.39 is 5.97 Å². The van der Waals surface area contributed by atoms with Gasteiger partial charge in [0.05, 0.1) is 19.7 Å². The molecule has 0 amide bonds. The van der Waals surface area contributed by atoms with E-state index >= 15 is 0 Å². The van der Waals surface area contributed by atoms with Crippen LogP contribution in [0.3, 0.4) is 0 Å². The highest BCUT2D eigenvalue weighted by atomic mass is 35.5. The van der Waals surface area contributed by atoms with Crippen molar-refractivity contribution < 1.29 is 14.3 Å². The zero-order valence-electron chi connectivity index (χ0n) is 13.2. The number of halogens is 2. The van der Waals surface area contributed by atoms with Crippen LogP contribution in [0, 0.1) is 0 Å². The maximum absolute atomic E-state index is 12.3. The zero-order valence-corrected chi connectivity index (χ0v) is 14.7. The van der Waals surface area contributed by atoms with Crippen molar-refractivity contribution in [3.05, 3.63) is 63.8 Å². The fraction of sp³-hybridized carbons (Fsp3) is 0.167. The first-order chi connectivity index (χ1) is 11.5. The molecule has 0 aliphatic carbocycles. The van der Waals surface area contributed by atoms with Crippen molar-refractivity contribution in [1.29, 1.82) is 0 Å². The Balaban J connectivity index is 2.26. The van der Waals surface area contributed by atoms with Gasteiger partial charge in [-0.1, -0.05) is 35.3 Å². The van der Waals surface area contributed by atoms with E-state index in [-0.39, 0.29) is 0 Å². The average Bonchev–Trinajstić information content (AvgIpc) is 2.87. The van der Waals surface area contributed by atoms with Crippen molar-refractivity contribution in [1.82, 2.24) is 4.57 Å². The quantitative estimate of drug-likeness (QED) is 0.625. The largest absolute Gasteiger partial charge is 0.494 e. The third-order valence-corrected chi connectivity index (χ3v) is 4.26. The number of esters is 1. The van der Waals surface area contributed by atoms with Crippen LogP contribution in [0.1, 0.15) is 16.1 Å². The molecule has 24 heavy (non-hydrogen) atoms. The van der Waals surface area contributed by atoms with E-state index in [1.54, 1.807) is 18.2 Å². The summed E-state index contributed by atoms with van der Waals surface area (Å²) in [4.78, 5) is 12.3. The van der Waals surface area contributed by atoms with Crippen molar-refractivity contribution in [3.8, 4) is 5.75 Å². The summed E-state index contributed by atoms with van der Waals surface area (Å²) in [7, 11) is 2.86. The number of fused-ring (bicyclic) bond motifs is 1. The Labute approximate surface area is 149 Å². The second-order valence-electron chi connectivity index (χ2n) is 5.25. The summed E-state index contributed by atoms with van der Waals surface area (Å²) in [6, 6.07) is 12.9. The summed E-state index contributed by atoms with van der Waals surface area (Å²) in [5, 5.41) is 1.96. The predicted molar refractivity (Wildman–Crippen MR) is 95.4 cm³/mol. The number of carbonyl (C=O) groups is 1. The molecule has 2 aromatic carbocycles. The molecule has 6 heteroatoms. The molecule has 0 unspecified atom stereocenters. The number of hydrogen-bond donors (Lipinski definition) is 0. The summed E-state index contributed by atoms with van der Waals surface area (Å²) >= 11 is 12.2. The molecule has 0 saturated heterocycles. The van der Waals surface area contributed by atoms with Crippen molar-refractivity contribution in [3.63, 3.8) is 0 Å². The lowest BCUT2D eigenvalue weighted by molar-refractivity contribution is 0.0585. The van der Waals surface area contributed by atoms with E-state index in [1.165, 1.54) is 14.2 Å². The molecule has 0 atom stereocenters. The number of aromatic nitrogens is 1. The molecule has 4 nitrogen and oxygen atoms in total. The molecule has 0 fully saturated rings. The summed E-state index contributed by atoms with van der Waals surface area (Å²) in [6.45, 7) is 0.451. The topological polar surface area (TPSA) is 40.5 Å². The van der Waals surface area contributed by atoms with Gasteiger partial charge in [0.1, 0.15) is 0 Å². The number of hydrogen-bond acceptors (Lipinski definition) is 3. The van der Waals surface area contributed by atoms with Crippen molar-refractivity contribution in [2.75, 3.05) is 14.2 Å². The Morgan fingerprint density at radius 3 is 2.50 bits per heavy atom. The van der Waals surface area contributed by atoms with Crippen molar-refractivity contribution >= 4 is 40.1 Å². The Morgan fingerprint density at radius 2 is 1.83 bits per heavy atom. The van der Waals surface area contributed by atoms with Crippen molar-refractivity contribution in [2.24, 2.45) is 0 Å². The molecule has 0 saturated carbocycles. The molecule has 1 heterocycles. The van der Waals surface area contributed by atoms with Gasteiger partial charge in [-0.25, -0.2) is 4.79 Å². The smallest absolute Gasteiger partial charge is 0.358 e. The maximum Gasteiger partial charge on any atom is 0.358 e. The molecule has 3 rings (SSSR count). The van der Waals surface area contributed by atoms with Gasteiger partial charge in [-0.05, 0) is 35.9 Å². The number of methoxy groups -OCH3 is 2. The molecule has 1 aromatic heterocycles. The lowest BCUT2D eigenvalue weighted by Crippen LogP contribution is -2.12. The van der Waals surface area contributed by atoms with Gasteiger partial charge < -0.3 is 14.0 Å². The first-order valence-corrected chi connectivity index (χ1v) is 7.99. The van der Waals surface area contributed by atoms with Crippen LogP contribution in [0.2, 0.25) is 10.0 Å². The van der Waals surface area contributed by atoms with Crippen LogP contribution in [0.5, 0.6) is 5.75 Å². The highest BCUT2D eigenvalue weighted by Crippen LogP contribution is 2.36. The highest BCUT2D eigenvalue weighted by Gasteiger charge is 2.24. The van der Waals surface area contributed by atoms with Crippen LogP contribution in [0.15, 0.2) is 42.5 Å². The van der Waals surface area contributed by atoms with Gasteiger partial charge >= 0.3 is 5.97 Å². The van der Waals surface area contributed by atoms with Crippen LogP contribution in [-0.4, -0.2) is 24.8 Å². The van der Waals surface area contributed by atoms with Gasteiger partial charge in [-0.3, -0.25) is 0 Å². The van der Waals surface area contributed by atoms with Crippen LogP contribution >= 0.6 is 23.2 Å². The lowest BCUT2D eigenvalue weighted by Gasteiger charge is -2.10. The van der Waals surface area contributed by atoms with E-state index in [2.05, 4.69) is 0 Å². The van der Waals surface area contributed by atoms with E-state index in [9.17, 15) is 4.79 Å². The summed E-state index contributed by atoms with van der Waals surface area (Å²) in [5.74, 6) is -0.0254. The molecule has 0 aliphatic heterocycles. The van der Waals surface area contributed by atoms with Gasteiger partial charge in [0.2, 0.25) is 0 Å². The predicted octanol–water partition coefficient (Wildman–Crippen LogP) is 4.79. The van der Waals surface area contributed by atoms with E-state index in [0.717, 1.165) is 16.5 Å². The average molecular weight is 364 g/mol. The van der Waals surface area contributed by atoms with Crippen molar-refractivity contribution in [2.45, 2.75) is 6.54 Å². The molecule has 0 spiro atoms. The molecule has 124 valence electrons. The molecular weight excluding hydrogens is 349 g/mol. The molecule has 0 aliphatic rings.